The summed E-state index contributed by atoms with van der Waals surface area (Å²) in [5, 5.41) is 11.7. The summed E-state index contributed by atoms with van der Waals surface area (Å²) in [6.45, 7) is 5.35. The van der Waals surface area contributed by atoms with E-state index in [1.165, 1.54) is 11.9 Å². The lowest BCUT2D eigenvalue weighted by Crippen LogP contribution is -2.49. The highest BCUT2D eigenvalue weighted by atomic mass is 35.5. The maximum atomic E-state index is 13.1. The molecule has 1 heterocycles. The summed E-state index contributed by atoms with van der Waals surface area (Å²) in [6.07, 6.45) is 0.903. The minimum atomic E-state index is -0.600. The number of nitrogens with two attached hydrogens (primary N) is 1. The van der Waals surface area contributed by atoms with E-state index in [9.17, 15) is 14.9 Å². The number of hydrogen-bond donors (Lipinski definition) is 2. The van der Waals surface area contributed by atoms with Gasteiger partial charge in [-0.2, -0.15) is 5.26 Å². The van der Waals surface area contributed by atoms with Crippen LogP contribution in [0.3, 0.4) is 0 Å². The van der Waals surface area contributed by atoms with Gasteiger partial charge in [-0.05, 0) is 29.5 Å². The first kappa shape index (κ1) is 19.0. The number of benzene rings is 1. The zero-order valence-electron chi connectivity index (χ0n) is 15.5. The van der Waals surface area contributed by atoms with Gasteiger partial charge < -0.3 is 5.73 Å². The average Bonchev–Trinajstić information content (AvgIpc) is 2.56. The van der Waals surface area contributed by atoms with E-state index in [1.54, 1.807) is 18.2 Å². The predicted octanol–water partition coefficient (Wildman–Crippen LogP) is 3.13. The zero-order valence-corrected chi connectivity index (χ0v) is 16.2. The molecule has 0 saturated heterocycles. The lowest BCUT2D eigenvalue weighted by atomic mass is 9.69. The van der Waals surface area contributed by atoms with Gasteiger partial charge in [0.2, 0.25) is 5.91 Å². The number of ketones is 1. The molecule has 1 aliphatic carbocycles. The van der Waals surface area contributed by atoms with E-state index in [4.69, 9.17) is 17.3 Å². The number of Topliss-reactive ketones (excluding diaryl/α,β-unsaturated/α-hetero) is 1. The largest absolute Gasteiger partial charge is 0.383 e. The van der Waals surface area contributed by atoms with Crippen LogP contribution in [0.1, 0.15) is 45.1 Å². The summed E-state index contributed by atoms with van der Waals surface area (Å²) in [6, 6.07) is 9.21. The highest BCUT2D eigenvalue weighted by molar-refractivity contribution is 6.30. The van der Waals surface area contributed by atoms with Gasteiger partial charge in [-0.25, -0.2) is 5.01 Å². The van der Waals surface area contributed by atoms with Crippen LogP contribution < -0.4 is 11.2 Å². The van der Waals surface area contributed by atoms with Crippen LogP contribution in [0.25, 0.3) is 0 Å². The van der Waals surface area contributed by atoms with Crippen LogP contribution in [0.5, 0.6) is 0 Å². The van der Waals surface area contributed by atoms with E-state index in [1.807, 2.05) is 19.9 Å². The number of halogens is 1. The highest BCUT2D eigenvalue weighted by Gasteiger charge is 2.44. The molecule has 0 bridgehead atoms. The number of amides is 1. The maximum absolute atomic E-state index is 13.1. The summed E-state index contributed by atoms with van der Waals surface area (Å²) in [5.74, 6) is -0.861. The summed E-state index contributed by atoms with van der Waals surface area (Å²) in [4.78, 5) is 24.8. The molecule has 0 aromatic heterocycles. The molecule has 1 atom stereocenters. The number of hydrazine groups is 1. The second-order valence-corrected chi connectivity index (χ2v) is 8.14. The lowest BCUT2D eigenvalue weighted by molar-refractivity contribution is -0.123. The zero-order chi connectivity index (χ0) is 19.9. The van der Waals surface area contributed by atoms with Crippen molar-refractivity contribution in [1.82, 2.24) is 10.4 Å². The van der Waals surface area contributed by atoms with Gasteiger partial charge >= 0.3 is 0 Å². The van der Waals surface area contributed by atoms with Gasteiger partial charge in [0.05, 0.1) is 23.3 Å². The number of nitrogens with one attached hydrogen (secondary N) is 1. The van der Waals surface area contributed by atoms with Gasteiger partial charge in [-0.1, -0.05) is 37.6 Å². The fraction of sp³-hybridized carbons (Fsp3) is 0.350. The molecule has 1 aromatic rings. The van der Waals surface area contributed by atoms with E-state index >= 15 is 0 Å². The molecule has 0 fully saturated rings. The Labute approximate surface area is 163 Å². The molecule has 3 N–H and O–H groups in total. The van der Waals surface area contributed by atoms with Crippen molar-refractivity contribution >= 4 is 23.3 Å². The van der Waals surface area contributed by atoms with Crippen molar-refractivity contribution in [3.05, 3.63) is 57.5 Å². The van der Waals surface area contributed by atoms with Crippen LogP contribution >= 0.6 is 11.6 Å². The third-order valence-corrected chi connectivity index (χ3v) is 5.07. The first-order valence-corrected chi connectivity index (χ1v) is 9.01. The highest BCUT2D eigenvalue weighted by Crippen LogP contribution is 2.48. The Balaban J connectivity index is 2.27. The smallest absolute Gasteiger partial charge is 0.235 e. The summed E-state index contributed by atoms with van der Waals surface area (Å²) >= 11 is 6.15. The van der Waals surface area contributed by atoms with Crippen molar-refractivity contribution in [2.24, 2.45) is 11.1 Å². The van der Waals surface area contributed by atoms with E-state index < -0.39 is 5.92 Å². The van der Waals surface area contributed by atoms with Gasteiger partial charge in [0, 0.05) is 23.9 Å². The first-order chi connectivity index (χ1) is 12.6. The molecule has 2 aliphatic rings. The molecule has 0 radical (unpaired) electrons. The van der Waals surface area contributed by atoms with Crippen molar-refractivity contribution in [2.45, 2.75) is 39.5 Å². The minimum absolute atomic E-state index is 0.0539. The number of nitrogens with zero attached hydrogens (tertiary/aromatic N) is 2. The van der Waals surface area contributed by atoms with Gasteiger partial charge in [-0.3, -0.25) is 15.0 Å². The Bertz CT molecular complexity index is 940. The Morgan fingerprint density at radius 3 is 2.70 bits per heavy atom. The SMILES string of the molecule is CC(=O)NN1C(N)=C(C#N)C(c2cccc(Cl)c2)C2=C1CC(C)(C)CC2=O. The Hall–Kier alpha value is -2.78. The van der Waals surface area contributed by atoms with Crippen LogP contribution in [-0.2, 0) is 9.59 Å². The molecular weight excluding hydrogens is 364 g/mol. The van der Waals surface area contributed by atoms with Crippen molar-refractivity contribution < 1.29 is 9.59 Å². The van der Waals surface area contributed by atoms with E-state index in [0.29, 0.717) is 29.1 Å². The van der Waals surface area contributed by atoms with Crippen molar-refractivity contribution in [3.63, 3.8) is 0 Å². The minimum Gasteiger partial charge on any atom is -0.383 e. The second kappa shape index (κ2) is 6.75. The average molecular weight is 385 g/mol. The lowest BCUT2D eigenvalue weighted by Gasteiger charge is -2.43. The Morgan fingerprint density at radius 2 is 2.11 bits per heavy atom. The molecule has 3 rings (SSSR count). The van der Waals surface area contributed by atoms with Crippen molar-refractivity contribution in [3.8, 4) is 6.07 Å². The van der Waals surface area contributed by atoms with Crippen LogP contribution in [0.2, 0.25) is 5.02 Å². The first-order valence-electron chi connectivity index (χ1n) is 8.63. The number of allylic oxidation sites excluding steroid dienone is 3. The molecule has 0 saturated carbocycles. The van der Waals surface area contributed by atoms with E-state index in [-0.39, 0.29) is 28.5 Å². The molecule has 7 heteroatoms. The molecule has 1 amide bonds. The fourth-order valence-electron chi connectivity index (χ4n) is 3.81. The van der Waals surface area contributed by atoms with Crippen LogP contribution in [-0.4, -0.2) is 16.7 Å². The van der Waals surface area contributed by atoms with E-state index in [0.717, 1.165) is 5.56 Å². The van der Waals surface area contributed by atoms with Gasteiger partial charge in [0.1, 0.15) is 5.82 Å². The molecule has 140 valence electrons. The topological polar surface area (TPSA) is 99.2 Å². The summed E-state index contributed by atoms with van der Waals surface area (Å²) in [5.41, 5.74) is 10.7. The fourth-order valence-corrected chi connectivity index (χ4v) is 4.01. The molecule has 1 unspecified atom stereocenters. The molecule has 1 aliphatic heterocycles. The normalized spacial score (nSPS) is 21.7. The van der Waals surface area contributed by atoms with Crippen LogP contribution in [0, 0.1) is 16.7 Å². The summed E-state index contributed by atoms with van der Waals surface area (Å²) < 4.78 is 0. The second-order valence-electron chi connectivity index (χ2n) is 7.70. The molecule has 1 aromatic carbocycles. The van der Waals surface area contributed by atoms with Crippen LogP contribution in [0.4, 0.5) is 0 Å². The number of carbonyl (C=O) groups is 2. The molecule has 27 heavy (non-hydrogen) atoms. The monoisotopic (exact) mass is 384 g/mol. The number of nitriles is 1. The third-order valence-electron chi connectivity index (χ3n) is 4.83. The summed E-state index contributed by atoms with van der Waals surface area (Å²) in [7, 11) is 0. The van der Waals surface area contributed by atoms with Crippen molar-refractivity contribution in [2.75, 3.05) is 0 Å². The molecule has 6 nitrogen and oxygen atoms in total. The van der Waals surface area contributed by atoms with Crippen molar-refractivity contribution in [1.29, 1.82) is 5.26 Å². The van der Waals surface area contributed by atoms with Gasteiger partial charge in [0.15, 0.2) is 5.78 Å². The number of rotatable bonds is 2. The number of hydrogen-bond acceptors (Lipinski definition) is 5. The molecule has 0 spiro atoms. The quantitative estimate of drug-likeness (QED) is 0.816. The Kier molecular flexibility index (Phi) is 4.75. The van der Waals surface area contributed by atoms with E-state index in [2.05, 4.69) is 11.5 Å². The number of carbonyl (C=O) groups excluding carboxylic acids is 2. The van der Waals surface area contributed by atoms with Crippen LogP contribution in [0.15, 0.2) is 46.9 Å². The Morgan fingerprint density at radius 1 is 1.41 bits per heavy atom. The van der Waals surface area contributed by atoms with Gasteiger partial charge in [-0.15, -0.1) is 0 Å². The molecular formula is C20H21ClN4O2. The standard InChI is InChI=1S/C20H21ClN4O2/c1-11(26)24-25-15-8-20(2,3)9-16(27)18(15)17(14(10-22)19(25)23)12-5-4-6-13(21)7-12/h4-7,17H,8-9,23H2,1-3H3,(H,24,26). The predicted molar refractivity (Wildman–Crippen MR) is 102 cm³/mol. The maximum Gasteiger partial charge on any atom is 0.235 e. The van der Waals surface area contributed by atoms with Gasteiger partial charge in [0.25, 0.3) is 0 Å². The third kappa shape index (κ3) is 3.43.